The number of esters is 2. The van der Waals surface area contributed by atoms with Crippen molar-refractivity contribution in [3.63, 3.8) is 0 Å². The van der Waals surface area contributed by atoms with Crippen molar-refractivity contribution in [2.75, 3.05) is 26.9 Å². The fraction of sp³-hybridized carbons (Fsp3) is 0.373. The number of methoxy groups -OCH3 is 1. The summed E-state index contributed by atoms with van der Waals surface area (Å²) in [4.78, 5) is 43.7. The predicted octanol–water partition coefficient (Wildman–Crippen LogP) is 10.3. The molecule has 5 atom stereocenters. The first kappa shape index (κ1) is 49.1. The molecule has 10 heteroatoms. The van der Waals surface area contributed by atoms with E-state index >= 15 is 0 Å². The number of hydrogen-bond acceptors (Lipinski definition) is 10. The number of carbonyl (C=O) groups is 2. The smallest absolute Gasteiger partial charge is 0.339 e. The van der Waals surface area contributed by atoms with Gasteiger partial charge in [0.25, 0.3) is 0 Å². The Labute approximate surface area is 404 Å². The quantitative estimate of drug-likeness (QED) is 0.0581. The minimum Gasteiger partial charge on any atom is -0.483 e. The summed E-state index contributed by atoms with van der Waals surface area (Å²) in [6, 6.07) is 42.8. The van der Waals surface area contributed by atoms with Crippen molar-refractivity contribution in [1.82, 2.24) is 0 Å². The van der Waals surface area contributed by atoms with Crippen LogP contribution in [0, 0.1) is 5.92 Å². The van der Waals surface area contributed by atoms with Gasteiger partial charge >= 0.3 is 17.6 Å². The van der Waals surface area contributed by atoms with Crippen molar-refractivity contribution in [3.05, 3.63) is 193 Å². The molecule has 5 aromatic carbocycles. The predicted molar refractivity (Wildman–Crippen MR) is 266 cm³/mol. The summed E-state index contributed by atoms with van der Waals surface area (Å²) in [5, 5.41) is 20.8. The summed E-state index contributed by atoms with van der Waals surface area (Å²) in [7, 11) is 1.54. The maximum absolute atomic E-state index is 14.9. The van der Waals surface area contributed by atoms with E-state index in [4.69, 9.17) is 23.4 Å². The number of ether oxygens (including phenoxy) is 4. The van der Waals surface area contributed by atoms with Gasteiger partial charge in [-0.15, -0.1) is 0 Å². The molecule has 10 nitrogen and oxygen atoms in total. The van der Waals surface area contributed by atoms with Crippen LogP contribution < -0.4 is 10.4 Å². The second-order valence-electron chi connectivity index (χ2n) is 19.1. The first-order valence-electron chi connectivity index (χ1n) is 24.4. The van der Waals surface area contributed by atoms with E-state index in [1.807, 2.05) is 31.2 Å². The van der Waals surface area contributed by atoms with Crippen molar-refractivity contribution in [2.24, 2.45) is 5.92 Å². The van der Waals surface area contributed by atoms with Crippen LogP contribution in [0.1, 0.15) is 109 Å². The Morgan fingerprint density at radius 3 is 2.20 bits per heavy atom. The van der Waals surface area contributed by atoms with Gasteiger partial charge in [0.1, 0.15) is 16.9 Å². The molecule has 0 saturated carbocycles. The van der Waals surface area contributed by atoms with E-state index in [1.54, 1.807) is 25.1 Å². The average Bonchev–Trinajstić information content (AvgIpc) is 3.35. The molecule has 360 valence electrons. The summed E-state index contributed by atoms with van der Waals surface area (Å²) < 4.78 is 32.0. The lowest BCUT2D eigenvalue weighted by atomic mass is 9.82. The minimum absolute atomic E-state index is 0.0665. The Balaban J connectivity index is 1.21. The Morgan fingerprint density at radius 1 is 0.768 bits per heavy atom. The van der Waals surface area contributed by atoms with Gasteiger partial charge in [0, 0.05) is 42.6 Å². The number of hydrogen-bond donors (Lipinski definition) is 2. The van der Waals surface area contributed by atoms with E-state index < -0.39 is 41.3 Å². The standard InChI is InChI=1S/C59H64O10/c1-39(37-61)49-27-25-41-19-21-44(22-20-41)34-46(24-23-43-16-10-17-45(33-43)32-42-14-8-5-9-15-42)35-52(62)66-55-53-51(28-26-47-36-50(58(64)67-54(47)53)48(29-31-60)38-65-3)69-59(2,56(55)68-57(49)63)30-11-18-40-12-6-4-7-13-40/h4-10,12-17,19-22,26,28,33,36,46,48,55-56,60-61H,11,18,23-25,27,29-32,34-35,37-38H2,1-3H3. The molecule has 69 heavy (non-hydrogen) atoms. The van der Waals surface area contributed by atoms with Gasteiger partial charge in [-0.05, 0) is 141 Å². The normalized spacial score (nSPS) is 20.9. The summed E-state index contributed by atoms with van der Waals surface area (Å²) in [5.74, 6) is -1.36. The van der Waals surface area contributed by atoms with Gasteiger partial charge in [0.2, 0.25) is 0 Å². The van der Waals surface area contributed by atoms with Gasteiger partial charge in [-0.3, -0.25) is 4.79 Å². The van der Waals surface area contributed by atoms with Crippen LogP contribution in [-0.4, -0.2) is 60.8 Å². The monoisotopic (exact) mass is 932 g/mol. The number of fused-ring (bicyclic) bond motifs is 13. The zero-order chi connectivity index (χ0) is 48.3. The van der Waals surface area contributed by atoms with Crippen LogP contribution in [0.4, 0.5) is 0 Å². The third-order valence-electron chi connectivity index (χ3n) is 13.9. The second-order valence-corrected chi connectivity index (χ2v) is 19.1. The maximum Gasteiger partial charge on any atom is 0.339 e. The zero-order valence-electron chi connectivity index (χ0n) is 40.0. The average molecular weight is 933 g/mol. The van der Waals surface area contributed by atoms with E-state index in [0.717, 1.165) is 29.5 Å². The van der Waals surface area contributed by atoms with Crippen LogP contribution in [0.3, 0.4) is 0 Å². The highest BCUT2D eigenvalue weighted by atomic mass is 16.6. The molecule has 0 amide bonds. The van der Waals surface area contributed by atoms with E-state index in [2.05, 4.69) is 84.9 Å². The Kier molecular flexibility index (Phi) is 16.3. The molecule has 6 aromatic rings. The van der Waals surface area contributed by atoms with Crippen LogP contribution in [0.15, 0.2) is 148 Å². The van der Waals surface area contributed by atoms with Crippen molar-refractivity contribution < 1.29 is 43.2 Å². The number of aliphatic hydroxyl groups excluding tert-OH is 2. The van der Waals surface area contributed by atoms with E-state index in [-0.39, 0.29) is 44.2 Å². The molecule has 9 rings (SSSR count). The molecular formula is C59H64O10. The number of aliphatic hydroxyl groups is 2. The molecule has 0 aliphatic carbocycles. The Hall–Kier alpha value is -6.33. The van der Waals surface area contributed by atoms with Crippen LogP contribution in [0.5, 0.6) is 5.75 Å². The molecule has 3 aliphatic heterocycles. The molecule has 5 unspecified atom stereocenters. The summed E-state index contributed by atoms with van der Waals surface area (Å²) in [5.41, 5.74) is 6.61. The molecule has 2 N–H and O–H groups in total. The minimum atomic E-state index is -1.26. The van der Waals surface area contributed by atoms with Crippen LogP contribution in [0.25, 0.3) is 11.0 Å². The number of aryl methyl sites for hydroxylation is 3. The van der Waals surface area contributed by atoms with Crippen molar-refractivity contribution >= 4 is 22.9 Å². The van der Waals surface area contributed by atoms with E-state index in [1.165, 1.54) is 23.8 Å². The summed E-state index contributed by atoms with van der Waals surface area (Å²) in [6.07, 6.45) is 3.38. The lowest BCUT2D eigenvalue weighted by Gasteiger charge is -2.45. The highest BCUT2D eigenvalue weighted by Crippen LogP contribution is 2.49. The lowest BCUT2D eigenvalue weighted by molar-refractivity contribution is -0.192. The SMILES string of the molecule is COCC(CCO)c1cc2ccc3c(c2oc1=O)C1OC(=O)CC(CCc2cccc(Cc4ccccc4)c2)Cc2ccc(cc2)CCC(=C(C)CO)C(=O)OC1C(C)(CCCc1ccccc1)O3. The number of rotatable bonds is 15. The highest BCUT2D eigenvalue weighted by Gasteiger charge is 2.53. The molecule has 0 saturated heterocycles. The van der Waals surface area contributed by atoms with E-state index in [9.17, 15) is 24.6 Å². The summed E-state index contributed by atoms with van der Waals surface area (Å²) >= 11 is 0. The summed E-state index contributed by atoms with van der Waals surface area (Å²) in [6.45, 7) is 3.28. The molecule has 4 heterocycles. The van der Waals surface area contributed by atoms with Crippen molar-refractivity contribution in [3.8, 4) is 5.75 Å². The fourth-order valence-corrected chi connectivity index (χ4v) is 10.1. The Morgan fingerprint density at radius 2 is 1.48 bits per heavy atom. The Bertz CT molecular complexity index is 2770. The third-order valence-corrected chi connectivity index (χ3v) is 13.9. The lowest BCUT2D eigenvalue weighted by Crippen LogP contribution is -2.54. The van der Waals surface area contributed by atoms with Crippen molar-refractivity contribution in [2.45, 2.75) is 108 Å². The van der Waals surface area contributed by atoms with Gasteiger partial charge in [0.15, 0.2) is 12.2 Å². The van der Waals surface area contributed by atoms with Gasteiger partial charge in [-0.2, -0.15) is 0 Å². The first-order chi connectivity index (χ1) is 33.5. The largest absolute Gasteiger partial charge is 0.483 e. The third kappa shape index (κ3) is 12.1. The molecule has 0 spiro atoms. The number of carbonyl (C=O) groups excluding carboxylic acids is 2. The van der Waals surface area contributed by atoms with Gasteiger partial charge in [-0.1, -0.05) is 109 Å². The molecule has 2 bridgehead atoms. The van der Waals surface area contributed by atoms with Crippen molar-refractivity contribution in [1.29, 1.82) is 0 Å². The maximum atomic E-state index is 14.9. The fourth-order valence-electron chi connectivity index (χ4n) is 10.1. The molecular weight excluding hydrogens is 869 g/mol. The molecule has 3 aliphatic rings. The van der Waals surface area contributed by atoms with Crippen LogP contribution >= 0.6 is 0 Å². The van der Waals surface area contributed by atoms with Gasteiger partial charge in [0.05, 0.1) is 18.8 Å². The molecule has 1 aromatic heterocycles. The van der Waals surface area contributed by atoms with Gasteiger partial charge < -0.3 is 33.6 Å². The second kappa shape index (κ2) is 22.9. The topological polar surface area (TPSA) is 142 Å². The van der Waals surface area contributed by atoms with Gasteiger partial charge in [-0.25, -0.2) is 9.59 Å². The number of benzene rings is 5. The first-order valence-corrected chi connectivity index (χ1v) is 24.4. The molecule has 0 radical (unpaired) electrons. The van der Waals surface area contributed by atoms with Crippen LogP contribution in [0.2, 0.25) is 0 Å². The van der Waals surface area contributed by atoms with E-state index in [0.29, 0.717) is 78.4 Å². The van der Waals surface area contributed by atoms with Crippen LogP contribution in [-0.2, 0) is 55.9 Å². The zero-order valence-corrected chi connectivity index (χ0v) is 40.0. The highest BCUT2D eigenvalue weighted by molar-refractivity contribution is 5.90. The molecule has 0 fully saturated rings.